The Balaban J connectivity index is 2.16. The first kappa shape index (κ1) is 11.4. The fourth-order valence-corrected chi connectivity index (χ4v) is 3.24. The third-order valence-corrected chi connectivity index (χ3v) is 4.19. The number of hydrogen-bond acceptors (Lipinski definition) is 3. The number of fused-ring (bicyclic) bond motifs is 4. The quantitative estimate of drug-likeness (QED) is 0.499. The maximum Gasteiger partial charge on any atom is 0.302 e. The van der Waals surface area contributed by atoms with Crippen molar-refractivity contribution in [3.63, 3.8) is 0 Å². The Morgan fingerprint density at radius 1 is 1.10 bits per heavy atom. The van der Waals surface area contributed by atoms with Crippen LogP contribution >= 0.6 is 0 Å². The van der Waals surface area contributed by atoms with E-state index in [2.05, 4.69) is 0 Å². The summed E-state index contributed by atoms with van der Waals surface area (Å²) in [5.41, 5.74) is 2.64. The van der Waals surface area contributed by atoms with E-state index in [1.54, 1.807) is 24.3 Å². The average molecular weight is 269 g/mol. The van der Waals surface area contributed by atoms with Gasteiger partial charge >= 0.3 is 5.69 Å². The summed E-state index contributed by atoms with van der Waals surface area (Å²) in [4.78, 5) is 25.0. The molecular formula is C15H13N2O3+. The van der Waals surface area contributed by atoms with Crippen molar-refractivity contribution >= 4 is 5.78 Å². The second kappa shape index (κ2) is 3.79. The van der Waals surface area contributed by atoms with E-state index in [9.17, 15) is 14.9 Å². The average Bonchev–Trinajstić information content (AvgIpc) is 2.79. The number of benzene rings is 1. The monoisotopic (exact) mass is 269 g/mol. The lowest BCUT2D eigenvalue weighted by Crippen LogP contribution is -2.33. The summed E-state index contributed by atoms with van der Waals surface area (Å²) < 4.78 is 1.79. The van der Waals surface area contributed by atoms with Crippen LogP contribution < -0.4 is 4.43 Å². The minimum absolute atomic E-state index is 0.0989. The minimum Gasteiger partial charge on any atom is -0.428 e. The lowest BCUT2D eigenvalue weighted by molar-refractivity contribution is -0.495. The number of nitrogens with zero attached hydrogens (tertiary/aromatic N) is 2. The van der Waals surface area contributed by atoms with Crippen LogP contribution in [0.2, 0.25) is 0 Å². The van der Waals surface area contributed by atoms with Gasteiger partial charge in [0, 0.05) is 16.9 Å². The molecule has 1 heterocycles. The number of aromatic nitrogens is 2. The number of carbonyl (C=O) groups excluding carboxylic acids is 1. The first-order chi connectivity index (χ1) is 9.70. The molecule has 0 amide bonds. The van der Waals surface area contributed by atoms with Gasteiger partial charge in [0.25, 0.3) is 5.69 Å². The summed E-state index contributed by atoms with van der Waals surface area (Å²) in [7, 11) is 0. The summed E-state index contributed by atoms with van der Waals surface area (Å²) in [6.45, 7) is 0. The molecular weight excluding hydrogens is 256 g/mol. The van der Waals surface area contributed by atoms with E-state index in [-0.39, 0.29) is 17.2 Å². The van der Waals surface area contributed by atoms with E-state index < -0.39 is 0 Å². The number of ketones is 1. The van der Waals surface area contributed by atoms with Gasteiger partial charge in [0.15, 0.2) is 0 Å². The zero-order valence-corrected chi connectivity index (χ0v) is 10.8. The van der Waals surface area contributed by atoms with Crippen molar-refractivity contribution < 1.29 is 14.4 Å². The van der Waals surface area contributed by atoms with Gasteiger partial charge in [0.05, 0.1) is 9.99 Å². The van der Waals surface area contributed by atoms with Crippen LogP contribution in [0.1, 0.15) is 40.3 Å². The molecule has 0 aliphatic heterocycles. The Hall–Kier alpha value is -2.43. The highest BCUT2D eigenvalue weighted by Crippen LogP contribution is 2.35. The van der Waals surface area contributed by atoms with E-state index in [1.807, 2.05) is 0 Å². The fraction of sp³-hybridized carbons (Fsp3) is 0.267. The van der Waals surface area contributed by atoms with Gasteiger partial charge < -0.3 is 5.21 Å². The molecule has 2 aliphatic rings. The van der Waals surface area contributed by atoms with Gasteiger partial charge in [-0.3, -0.25) is 4.79 Å². The Morgan fingerprint density at radius 3 is 2.60 bits per heavy atom. The van der Waals surface area contributed by atoms with Crippen LogP contribution in [0.15, 0.2) is 24.3 Å². The van der Waals surface area contributed by atoms with Crippen LogP contribution in [0.25, 0.3) is 11.3 Å². The molecule has 100 valence electrons. The molecule has 5 heteroatoms. The first-order valence-electron chi connectivity index (χ1n) is 6.77. The molecule has 0 spiro atoms. The van der Waals surface area contributed by atoms with Crippen LogP contribution in [0.3, 0.4) is 0 Å². The summed E-state index contributed by atoms with van der Waals surface area (Å²) in [5, 5.41) is 10.4. The summed E-state index contributed by atoms with van der Waals surface area (Å²) in [6, 6.07) is 7.00. The lowest BCUT2D eigenvalue weighted by atomic mass is 9.99. The molecule has 1 aromatic carbocycles. The van der Waals surface area contributed by atoms with Gasteiger partial charge in [-0.15, -0.1) is 0 Å². The first-order valence-corrected chi connectivity index (χ1v) is 6.77. The van der Waals surface area contributed by atoms with Crippen LogP contribution in [-0.4, -0.2) is 15.7 Å². The van der Waals surface area contributed by atoms with Crippen molar-refractivity contribution in [3.8, 4) is 11.3 Å². The minimum atomic E-state index is -0.281. The molecule has 0 saturated heterocycles. The van der Waals surface area contributed by atoms with Crippen molar-refractivity contribution in [2.24, 2.45) is 0 Å². The van der Waals surface area contributed by atoms with E-state index in [1.165, 1.54) is 0 Å². The molecule has 0 atom stereocenters. The highest BCUT2D eigenvalue weighted by Gasteiger charge is 2.42. The molecule has 1 N–H and O–H groups in total. The molecule has 0 bridgehead atoms. The van der Waals surface area contributed by atoms with Gasteiger partial charge in [-0.1, -0.05) is 18.2 Å². The lowest BCUT2D eigenvalue weighted by Gasteiger charge is -2.13. The van der Waals surface area contributed by atoms with Gasteiger partial charge in [-0.2, -0.15) is 4.73 Å². The number of carbonyl (C=O) groups is 1. The topological polar surface area (TPSA) is 65.2 Å². The molecule has 2 aromatic rings. The van der Waals surface area contributed by atoms with Crippen molar-refractivity contribution in [3.05, 3.63) is 51.8 Å². The molecule has 0 unspecified atom stereocenters. The smallest absolute Gasteiger partial charge is 0.302 e. The zero-order chi connectivity index (χ0) is 13.9. The van der Waals surface area contributed by atoms with Crippen LogP contribution in [0.4, 0.5) is 0 Å². The number of hydrogen-bond donors (Lipinski definition) is 1. The van der Waals surface area contributed by atoms with E-state index in [4.69, 9.17) is 0 Å². The largest absolute Gasteiger partial charge is 0.428 e. The van der Waals surface area contributed by atoms with Crippen molar-refractivity contribution in [1.29, 1.82) is 0 Å². The highest BCUT2D eigenvalue weighted by atomic mass is 16.5. The molecule has 0 radical (unpaired) electrons. The van der Waals surface area contributed by atoms with E-state index >= 15 is 0 Å². The second-order valence-corrected chi connectivity index (χ2v) is 5.28. The normalized spacial score (nSPS) is 15.7. The molecule has 0 fully saturated rings. The Labute approximate surface area is 114 Å². The SMILES string of the molecule is O=C1c2ccccc2-c2c1n(O)c1c([n+]2=O)CCCC1. The van der Waals surface area contributed by atoms with Gasteiger partial charge in [-0.05, 0) is 25.3 Å². The molecule has 2 aliphatic carbocycles. The van der Waals surface area contributed by atoms with Gasteiger partial charge in [-0.25, -0.2) is 0 Å². The predicted molar refractivity (Wildman–Crippen MR) is 70.5 cm³/mol. The third kappa shape index (κ3) is 1.24. The van der Waals surface area contributed by atoms with Crippen LogP contribution in [-0.2, 0) is 12.8 Å². The van der Waals surface area contributed by atoms with Crippen LogP contribution in [0.5, 0.6) is 0 Å². The highest BCUT2D eigenvalue weighted by molar-refractivity contribution is 6.19. The van der Waals surface area contributed by atoms with Gasteiger partial charge in [0.1, 0.15) is 5.69 Å². The molecule has 20 heavy (non-hydrogen) atoms. The van der Waals surface area contributed by atoms with Crippen LogP contribution in [0, 0.1) is 4.91 Å². The maximum absolute atomic E-state index is 12.6. The fourth-order valence-electron chi connectivity index (χ4n) is 3.24. The Bertz CT molecular complexity index is 821. The maximum atomic E-state index is 12.6. The summed E-state index contributed by atoms with van der Waals surface area (Å²) >= 11 is 0. The van der Waals surface area contributed by atoms with E-state index in [0.29, 0.717) is 35.4 Å². The molecule has 4 rings (SSSR count). The Kier molecular flexibility index (Phi) is 2.16. The molecule has 5 nitrogen and oxygen atoms in total. The van der Waals surface area contributed by atoms with Crippen molar-refractivity contribution in [2.75, 3.05) is 0 Å². The zero-order valence-electron chi connectivity index (χ0n) is 10.8. The molecule has 0 saturated carbocycles. The van der Waals surface area contributed by atoms with E-state index in [0.717, 1.165) is 22.0 Å². The predicted octanol–water partition coefficient (Wildman–Crippen LogP) is 1.73. The van der Waals surface area contributed by atoms with Crippen molar-refractivity contribution in [2.45, 2.75) is 25.7 Å². The molecule has 1 aromatic heterocycles. The standard InChI is InChI=1S/C15H13N2O3/c18-15-10-6-2-1-5-9(10)13-14(15)17(20)12-8-4-3-7-11(12)16(13)19/h1-2,5-6,20H,3-4,7-8H2/q+1. The third-order valence-electron chi connectivity index (χ3n) is 4.19. The summed E-state index contributed by atoms with van der Waals surface area (Å²) in [6.07, 6.45) is 3.13. The summed E-state index contributed by atoms with van der Waals surface area (Å²) in [5.74, 6) is -0.281. The Morgan fingerprint density at radius 2 is 1.80 bits per heavy atom. The van der Waals surface area contributed by atoms with Gasteiger partial charge in [0.2, 0.25) is 11.5 Å². The second-order valence-electron chi connectivity index (χ2n) is 5.28. The number of rotatable bonds is 0. The van der Waals surface area contributed by atoms with Crippen molar-refractivity contribution in [1.82, 2.24) is 4.73 Å².